The van der Waals surface area contributed by atoms with Gasteiger partial charge in [0.15, 0.2) is 0 Å². The minimum Gasteiger partial charge on any atom is -0.351 e. The SMILES string of the molecule is O=C(NC1CCCC1)[C@H](c1ccccc1F)N(C(=O)Cn1nnc2ccccc21)c1ccccc1. The van der Waals surface area contributed by atoms with Crippen molar-refractivity contribution in [1.29, 1.82) is 0 Å². The van der Waals surface area contributed by atoms with Gasteiger partial charge in [0, 0.05) is 17.3 Å². The lowest BCUT2D eigenvalue weighted by atomic mass is 10.0. The number of rotatable bonds is 7. The van der Waals surface area contributed by atoms with E-state index in [1.807, 2.05) is 30.3 Å². The third-order valence-corrected chi connectivity index (χ3v) is 6.42. The van der Waals surface area contributed by atoms with Crippen molar-refractivity contribution in [2.75, 3.05) is 4.90 Å². The van der Waals surface area contributed by atoms with Crippen LogP contribution in [0.4, 0.5) is 10.1 Å². The molecule has 1 heterocycles. The average Bonchev–Trinajstić information content (AvgIpc) is 3.54. The van der Waals surface area contributed by atoms with Gasteiger partial charge in [0.2, 0.25) is 11.8 Å². The third kappa shape index (κ3) is 4.77. The number of carbonyl (C=O) groups is 2. The fraction of sp³-hybridized carbons (Fsp3) is 0.259. The van der Waals surface area contributed by atoms with Gasteiger partial charge in [-0.3, -0.25) is 14.5 Å². The van der Waals surface area contributed by atoms with Gasteiger partial charge in [-0.25, -0.2) is 9.07 Å². The molecule has 0 aliphatic heterocycles. The van der Waals surface area contributed by atoms with Crippen LogP contribution >= 0.6 is 0 Å². The van der Waals surface area contributed by atoms with E-state index in [9.17, 15) is 9.59 Å². The van der Waals surface area contributed by atoms with E-state index in [2.05, 4.69) is 15.6 Å². The molecule has 1 saturated carbocycles. The zero-order chi connectivity index (χ0) is 24.2. The van der Waals surface area contributed by atoms with Crippen LogP contribution in [-0.4, -0.2) is 32.9 Å². The molecule has 0 unspecified atom stereocenters. The molecule has 0 saturated heterocycles. The number of fused-ring (bicyclic) bond motifs is 1. The number of nitrogens with zero attached hydrogens (tertiary/aromatic N) is 4. The van der Waals surface area contributed by atoms with Crippen molar-refractivity contribution < 1.29 is 14.0 Å². The maximum atomic E-state index is 15.1. The van der Waals surface area contributed by atoms with E-state index in [4.69, 9.17) is 0 Å². The molecule has 1 N–H and O–H groups in total. The second-order valence-corrected chi connectivity index (χ2v) is 8.75. The molecular formula is C27H26FN5O2. The quantitative estimate of drug-likeness (QED) is 0.433. The molecule has 3 aromatic carbocycles. The molecule has 8 heteroatoms. The Morgan fingerprint density at radius 2 is 1.66 bits per heavy atom. The van der Waals surface area contributed by atoms with Crippen LogP contribution in [0.2, 0.25) is 0 Å². The van der Waals surface area contributed by atoms with Crippen molar-refractivity contribution in [3.05, 3.63) is 90.2 Å². The fourth-order valence-electron chi connectivity index (χ4n) is 4.71. The Kier molecular flexibility index (Phi) is 6.52. The molecule has 1 aromatic heterocycles. The third-order valence-electron chi connectivity index (χ3n) is 6.42. The number of para-hydroxylation sites is 2. The van der Waals surface area contributed by atoms with Crippen LogP contribution in [-0.2, 0) is 16.1 Å². The van der Waals surface area contributed by atoms with Crippen molar-refractivity contribution in [3.63, 3.8) is 0 Å². The summed E-state index contributed by atoms with van der Waals surface area (Å²) in [4.78, 5) is 28.9. The molecule has 1 atom stereocenters. The molecule has 178 valence electrons. The largest absolute Gasteiger partial charge is 0.351 e. The van der Waals surface area contributed by atoms with Gasteiger partial charge in [-0.2, -0.15) is 0 Å². The number of halogens is 1. The van der Waals surface area contributed by atoms with Gasteiger partial charge in [-0.05, 0) is 43.2 Å². The van der Waals surface area contributed by atoms with E-state index in [1.54, 1.807) is 42.5 Å². The Labute approximate surface area is 202 Å². The van der Waals surface area contributed by atoms with Gasteiger partial charge in [0.1, 0.15) is 23.9 Å². The van der Waals surface area contributed by atoms with E-state index < -0.39 is 23.7 Å². The number of hydrogen-bond acceptors (Lipinski definition) is 4. The standard InChI is InChI=1S/C27H26FN5O2/c28-22-15-7-6-14-21(22)26(27(35)29-19-10-4-5-11-19)33(20-12-2-1-3-13-20)25(34)18-32-24-17-9-8-16-23(24)30-31-32/h1-3,6-9,12-17,19,26H,4-5,10-11,18H2,(H,29,35)/t26-/m0/s1. The molecule has 0 spiro atoms. The van der Waals surface area contributed by atoms with Gasteiger partial charge in [-0.15, -0.1) is 5.10 Å². The maximum Gasteiger partial charge on any atom is 0.249 e. The summed E-state index contributed by atoms with van der Waals surface area (Å²) in [6.45, 7) is -0.156. The summed E-state index contributed by atoms with van der Waals surface area (Å²) in [5, 5.41) is 11.3. The van der Waals surface area contributed by atoms with Gasteiger partial charge in [0.25, 0.3) is 0 Å². The van der Waals surface area contributed by atoms with Crippen LogP contribution in [0.15, 0.2) is 78.9 Å². The monoisotopic (exact) mass is 471 g/mol. The smallest absolute Gasteiger partial charge is 0.249 e. The van der Waals surface area contributed by atoms with Gasteiger partial charge in [-0.1, -0.05) is 66.6 Å². The number of amides is 2. The lowest BCUT2D eigenvalue weighted by molar-refractivity contribution is -0.127. The van der Waals surface area contributed by atoms with Crippen molar-refractivity contribution in [2.45, 2.75) is 44.3 Å². The van der Waals surface area contributed by atoms with E-state index in [0.717, 1.165) is 25.7 Å². The Hall–Kier alpha value is -4.07. The molecule has 35 heavy (non-hydrogen) atoms. The molecule has 0 bridgehead atoms. The second-order valence-electron chi connectivity index (χ2n) is 8.75. The normalized spacial score (nSPS) is 14.7. The number of benzene rings is 3. The summed E-state index contributed by atoms with van der Waals surface area (Å²) in [7, 11) is 0. The summed E-state index contributed by atoms with van der Waals surface area (Å²) < 4.78 is 16.6. The number of hydrogen-bond donors (Lipinski definition) is 1. The summed E-state index contributed by atoms with van der Waals surface area (Å²) in [5.74, 6) is -1.34. The minimum absolute atomic E-state index is 0.0174. The summed E-state index contributed by atoms with van der Waals surface area (Å²) in [6.07, 6.45) is 3.83. The molecule has 1 aliphatic carbocycles. The van der Waals surface area contributed by atoms with E-state index >= 15 is 4.39 Å². The number of aromatic nitrogens is 3. The number of nitrogens with one attached hydrogen (secondary N) is 1. The minimum atomic E-state index is -1.18. The lowest BCUT2D eigenvalue weighted by Gasteiger charge is -2.32. The Balaban J connectivity index is 1.56. The van der Waals surface area contributed by atoms with Crippen LogP contribution in [0.5, 0.6) is 0 Å². The van der Waals surface area contributed by atoms with Crippen molar-refractivity contribution in [2.24, 2.45) is 0 Å². The Morgan fingerprint density at radius 1 is 0.971 bits per heavy atom. The molecule has 0 radical (unpaired) electrons. The van der Waals surface area contributed by atoms with Crippen molar-refractivity contribution in [1.82, 2.24) is 20.3 Å². The van der Waals surface area contributed by atoms with Gasteiger partial charge < -0.3 is 5.32 Å². The summed E-state index contributed by atoms with van der Waals surface area (Å²) >= 11 is 0. The second kappa shape index (κ2) is 10.0. The van der Waals surface area contributed by atoms with E-state index in [-0.39, 0.29) is 18.2 Å². The molecule has 4 aromatic rings. The van der Waals surface area contributed by atoms with Crippen LogP contribution in [0.3, 0.4) is 0 Å². The number of carbonyl (C=O) groups excluding carboxylic acids is 2. The molecule has 7 nitrogen and oxygen atoms in total. The van der Waals surface area contributed by atoms with Gasteiger partial charge in [0.05, 0.1) is 5.52 Å². The van der Waals surface area contributed by atoms with Crippen LogP contribution < -0.4 is 10.2 Å². The zero-order valence-electron chi connectivity index (χ0n) is 19.2. The summed E-state index contributed by atoms with van der Waals surface area (Å²) in [5.41, 5.74) is 2.00. The van der Waals surface area contributed by atoms with E-state index in [0.29, 0.717) is 16.7 Å². The zero-order valence-corrected chi connectivity index (χ0v) is 19.2. The molecule has 5 rings (SSSR count). The van der Waals surface area contributed by atoms with Crippen LogP contribution in [0, 0.1) is 5.82 Å². The Morgan fingerprint density at radius 3 is 2.43 bits per heavy atom. The molecular weight excluding hydrogens is 445 g/mol. The highest BCUT2D eigenvalue weighted by molar-refractivity contribution is 6.01. The number of anilines is 1. The van der Waals surface area contributed by atoms with Crippen LogP contribution in [0.25, 0.3) is 11.0 Å². The average molecular weight is 472 g/mol. The maximum absolute atomic E-state index is 15.1. The van der Waals surface area contributed by atoms with Crippen molar-refractivity contribution >= 4 is 28.5 Å². The molecule has 1 fully saturated rings. The molecule has 1 aliphatic rings. The lowest BCUT2D eigenvalue weighted by Crippen LogP contribution is -2.47. The molecule has 2 amide bonds. The topological polar surface area (TPSA) is 80.1 Å². The predicted molar refractivity (Wildman–Crippen MR) is 131 cm³/mol. The van der Waals surface area contributed by atoms with Gasteiger partial charge >= 0.3 is 0 Å². The fourth-order valence-corrected chi connectivity index (χ4v) is 4.71. The highest BCUT2D eigenvalue weighted by Gasteiger charge is 2.36. The Bertz CT molecular complexity index is 1330. The first kappa shape index (κ1) is 22.7. The predicted octanol–water partition coefficient (Wildman–Crippen LogP) is 4.40. The first-order valence-electron chi connectivity index (χ1n) is 11.8. The van der Waals surface area contributed by atoms with E-state index in [1.165, 1.54) is 15.6 Å². The van der Waals surface area contributed by atoms with Crippen LogP contribution in [0.1, 0.15) is 37.3 Å². The first-order valence-corrected chi connectivity index (χ1v) is 11.8. The highest BCUT2D eigenvalue weighted by atomic mass is 19.1. The highest BCUT2D eigenvalue weighted by Crippen LogP contribution is 2.31. The van der Waals surface area contributed by atoms with Crippen molar-refractivity contribution in [3.8, 4) is 0 Å². The summed E-state index contributed by atoms with van der Waals surface area (Å²) in [6, 6.07) is 21.2. The first-order chi connectivity index (χ1) is 17.1.